The summed E-state index contributed by atoms with van der Waals surface area (Å²) >= 11 is 1.79. The number of hydrogen-bond acceptors (Lipinski definition) is 2. The van der Waals surface area contributed by atoms with Gasteiger partial charge in [0.15, 0.2) is 5.96 Å². The topological polar surface area (TPSA) is 81.5 Å². The Morgan fingerprint density at radius 1 is 1.44 bits per heavy atom. The van der Waals surface area contributed by atoms with Crippen LogP contribution in [0.2, 0.25) is 0 Å². The molecule has 4 nitrogen and oxygen atoms in total. The van der Waals surface area contributed by atoms with Gasteiger partial charge in [0.25, 0.3) is 5.91 Å². The first-order valence-corrected chi connectivity index (χ1v) is 6.89. The van der Waals surface area contributed by atoms with Crippen molar-refractivity contribution in [3.63, 3.8) is 0 Å². The quantitative estimate of drug-likeness (QED) is 0.600. The first-order valence-electron chi connectivity index (χ1n) is 5.90. The number of nitrogens with zero attached hydrogens (tertiary/aromatic N) is 1. The van der Waals surface area contributed by atoms with Crippen molar-refractivity contribution in [3.05, 3.63) is 28.8 Å². The van der Waals surface area contributed by atoms with E-state index in [2.05, 4.69) is 18.0 Å². The number of hydrogen-bond donors (Lipinski definition) is 2. The lowest BCUT2D eigenvalue weighted by Crippen LogP contribution is -2.24. The average molecular weight is 263 g/mol. The molecule has 1 unspecified atom stereocenters. The van der Waals surface area contributed by atoms with Crippen LogP contribution in [0.5, 0.6) is 0 Å². The zero-order valence-electron chi connectivity index (χ0n) is 10.6. The Labute approximate surface area is 111 Å². The monoisotopic (exact) mass is 263 g/mol. The molecule has 1 aliphatic heterocycles. The number of rotatable bonds is 1. The number of aliphatic imine (C=N–C) groups is 1. The van der Waals surface area contributed by atoms with Crippen LogP contribution in [0.4, 0.5) is 0 Å². The highest BCUT2D eigenvalue weighted by Crippen LogP contribution is 2.38. The van der Waals surface area contributed by atoms with Crippen LogP contribution in [-0.4, -0.2) is 17.6 Å². The number of carbonyl (C=O) groups is 1. The Morgan fingerprint density at radius 2 is 2.17 bits per heavy atom. The predicted molar refractivity (Wildman–Crippen MR) is 75.1 cm³/mol. The summed E-state index contributed by atoms with van der Waals surface area (Å²) in [5, 5.41) is 0. The molecule has 0 aromatic heterocycles. The van der Waals surface area contributed by atoms with Crippen LogP contribution in [0, 0.1) is 6.92 Å². The van der Waals surface area contributed by atoms with Crippen molar-refractivity contribution in [1.82, 2.24) is 0 Å². The van der Waals surface area contributed by atoms with Gasteiger partial charge in [-0.05, 0) is 42.2 Å². The number of amides is 1. The molecule has 0 saturated heterocycles. The number of aryl methyl sites for hydroxylation is 1. The Bertz CT molecular complexity index is 521. The molecule has 18 heavy (non-hydrogen) atoms. The fourth-order valence-electron chi connectivity index (χ4n) is 2.13. The van der Waals surface area contributed by atoms with Crippen molar-refractivity contribution >= 4 is 23.6 Å². The highest BCUT2D eigenvalue weighted by atomic mass is 32.2. The maximum absolute atomic E-state index is 11.9. The van der Waals surface area contributed by atoms with Gasteiger partial charge in [0.05, 0.1) is 0 Å². The summed E-state index contributed by atoms with van der Waals surface area (Å²) in [7, 11) is 0. The molecule has 0 bridgehead atoms. The first-order chi connectivity index (χ1) is 8.49. The van der Waals surface area contributed by atoms with Gasteiger partial charge < -0.3 is 11.5 Å². The summed E-state index contributed by atoms with van der Waals surface area (Å²) in [5.41, 5.74) is 13.3. The lowest BCUT2D eigenvalue weighted by Gasteiger charge is -2.23. The highest BCUT2D eigenvalue weighted by molar-refractivity contribution is 7.99. The Hall–Kier alpha value is -1.49. The third kappa shape index (κ3) is 2.51. The van der Waals surface area contributed by atoms with Crippen LogP contribution >= 0.6 is 11.8 Å². The van der Waals surface area contributed by atoms with Gasteiger partial charge >= 0.3 is 0 Å². The molecular formula is C13H17N3OS. The van der Waals surface area contributed by atoms with Gasteiger partial charge in [0, 0.05) is 10.5 Å². The molecule has 0 fully saturated rings. The second kappa shape index (κ2) is 5.02. The lowest BCUT2D eigenvalue weighted by atomic mass is 9.94. The number of fused-ring (bicyclic) bond motifs is 1. The van der Waals surface area contributed by atoms with Crippen molar-refractivity contribution in [2.45, 2.75) is 31.1 Å². The molecule has 5 heteroatoms. The summed E-state index contributed by atoms with van der Waals surface area (Å²) in [6, 6.07) is 4.00. The largest absolute Gasteiger partial charge is 0.370 e. The smallest absolute Gasteiger partial charge is 0.280 e. The molecule has 1 aliphatic rings. The van der Waals surface area contributed by atoms with E-state index >= 15 is 0 Å². The van der Waals surface area contributed by atoms with Crippen LogP contribution < -0.4 is 11.5 Å². The van der Waals surface area contributed by atoms with Crippen molar-refractivity contribution in [2.75, 3.05) is 5.75 Å². The minimum absolute atomic E-state index is 0.196. The summed E-state index contributed by atoms with van der Waals surface area (Å²) in [4.78, 5) is 16.7. The van der Waals surface area contributed by atoms with Gasteiger partial charge in [-0.25, -0.2) is 0 Å². The molecule has 0 aliphatic carbocycles. The van der Waals surface area contributed by atoms with E-state index in [9.17, 15) is 4.79 Å². The molecule has 1 amide bonds. The molecule has 2 rings (SSSR count). The van der Waals surface area contributed by atoms with Crippen LogP contribution in [0.3, 0.4) is 0 Å². The maximum Gasteiger partial charge on any atom is 0.280 e. The molecule has 0 radical (unpaired) electrons. The fourth-order valence-corrected chi connectivity index (χ4v) is 3.45. The van der Waals surface area contributed by atoms with Gasteiger partial charge in [-0.2, -0.15) is 4.99 Å². The third-order valence-electron chi connectivity index (χ3n) is 3.16. The second-order valence-corrected chi connectivity index (χ2v) is 5.72. The maximum atomic E-state index is 11.9. The minimum atomic E-state index is -0.367. The van der Waals surface area contributed by atoms with Gasteiger partial charge in [-0.3, -0.25) is 4.79 Å². The SMILES string of the molecule is Cc1cc2c(cc1C(=O)N=C(N)N)SCCC2C. The van der Waals surface area contributed by atoms with E-state index in [0.717, 1.165) is 11.3 Å². The molecule has 0 saturated carbocycles. The van der Waals surface area contributed by atoms with E-state index in [4.69, 9.17) is 11.5 Å². The predicted octanol–water partition coefficient (Wildman–Crippen LogP) is 2.01. The van der Waals surface area contributed by atoms with E-state index in [0.29, 0.717) is 11.5 Å². The average Bonchev–Trinajstić information content (AvgIpc) is 2.28. The third-order valence-corrected chi connectivity index (χ3v) is 4.26. The summed E-state index contributed by atoms with van der Waals surface area (Å²) in [6.07, 6.45) is 1.18. The molecule has 4 N–H and O–H groups in total. The molecule has 1 heterocycles. The molecule has 1 atom stereocenters. The second-order valence-electron chi connectivity index (χ2n) is 4.58. The van der Waals surface area contributed by atoms with Crippen molar-refractivity contribution in [2.24, 2.45) is 16.5 Å². The standard InChI is InChI=1S/C13H17N3OS/c1-7-3-4-18-11-6-10(8(2)5-9(7)11)12(17)16-13(14)15/h5-7H,3-4H2,1-2H3,(H4,14,15,16,17). The molecule has 1 aromatic carbocycles. The number of benzene rings is 1. The van der Waals surface area contributed by atoms with E-state index in [1.807, 2.05) is 13.0 Å². The summed E-state index contributed by atoms with van der Waals surface area (Å²) in [6.45, 7) is 4.14. The normalized spacial score (nSPS) is 18.0. The van der Waals surface area contributed by atoms with Gasteiger partial charge in [-0.1, -0.05) is 13.0 Å². The summed E-state index contributed by atoms with van der Waals surface area (Å²) < 4.78 is 0. The van der Waals surface area contributed by atoms with Crippen LogP contribution in [0.25, 0.3) is 0 Å². The van der Waals surface area contributed by atoms with E-state index < -0.39 is 0 Å². The molecule has 0 spiro atoms. The Morgan fingerprint density at radius 3 is 2.83 bits per heavy atom. The number of nitrogens with two attached hydrogens (primary N) is 2. The van der Waals surface area contributed by atoms with Crippen molar-refractivity contribution in [1.29, 1.82) is 0 Å². The van der Waals surface area contributed by atoms with E-state index in [-0.39, 0.29) is 11.9 Å². The molecule has 96 valence electrons. The highest BCUT2D eigenvalue weighted by Gasteiger charge is 2.20. The van der Waals surface area contributed by atoms with Crippen molar-refractivity contribution in [3.8, 4) is 0 Å². The lowest BCUT2D eigenvalue weighted by molar-refractivity contribution is 0.100. The van der Waals surface area contributed by atoms with Gasteiger partial charge in [0.1, 0.15) is 0 Å². The molecular weight excluding hydrogens is 246 g/mol. The first kappa shape index (κ1) is 13.0. The Balaban J connectivity index is 2.45. The number of guanidine groups is 1. The van der Waals surface area contributed by atoms with Gasteiger partial charge in [0.2, 0.25) is 0 Å². The Kier molecular flexibility index (Phi) is 3.61. The minimum Gasteiger partial charge on any atom is -0.370 e. The number of carbonyl (C=O) groups excluding carboxylic acids is 1. The zero-order chi connectivity index (χ0) is 13.3. The van der Waals surface area contributed by atoms with Crippen LogP contribution in [-0.2, 0) is 0 Å². The van der Waals surface area contributed by atoms with Crippen molar-refractivity contribution < 1.29 is 4.79 Å². The number of thioether (sulfide) groups is 1. The van der Waals surface area contributed by atoms with E-state index in [1.165, 1.54) is 16.9 Å². The van der Waals surface area contributed by atoms with E-state index in [1.54, 1.807) is 11.8 Å². The van der Waals surface area contributed by atoms with Gasteiger partial charge in [-0.15, -0.1) is 11.8 Å². The zero-order valence-corrected chi connectivity index (χ0v) is 11.4. The summed E-state index contributed by atoms with van der Waals surface area (Å²) in [5.74, 6) is 1.08. The molecule has 1 aromatic rings. The van der Waals surface area contributed by atoms with Crippen LogP contribution in [0.1, 0.15) is 40.7 Å². The fraction of sp³-hybridized carbons (Fsp3) is 0.385. The van der Waals surface area contributed by atoms with Crippen LogP contribution in [0.15, 0.2) is 22.0 Å².